The van der Waals surface area contributed by atoms with Gasteiger partial charge in [-0.15, -0.1) is 0 Å². The standard InChI is InChI=1S/C17H23N3O.C12H12N4O3/c1-3-15(18)21-17(19)16(13-7-5-4-6-8-13)14-9-11-20(2)12-10-14;1-19-9-5-16-12(14-3-2-13)11-10(9)7(4-15-11)8(18)6-17/h4-8,18-19H,3,9-12H2,1-2H3;2-6,15H,13H2,1H3,(H,14,16)/b;3-2-. The Morgan fingerprint density at radius 1 is 1.23 bits per heavy atom. The number of methoxy groups -OCH3 is 1. The number of hydrogen-bond acceptors (Lipinski definition) is 10. The Bertz CT molecular complexity index is 1420. The second-order valence-corrected chi connectivity index (χ2v) is 8.97. The van der Waals surface area contributed by atoms with Gasteiger partial charge in [0.25, 0.3) is 0 Å². The second kappa shape index (κ2) is 14.4. The predicted octanol–water partition coefficient (Wildman–Crippen LogP) is 4.34. The number of ether oxygens (including phenoxy) is 2. The molecule has 6 N–H and O–H groups in total. The van der Waals surface area contributed by atoms with Gasteiger partial charge in [-0.2, -0.15) is 0 Å². The highest BCUT2D eigenvalue weighted by Gasteiger charge is 2.21. The number of benzene rings is 1. The van der Waals surface area contributed by atoms with Gasteiger partial charge in [0.2, 0.25) is 11.7 Å². The van der Waals surface area contributed by atoms with Crippen molar-refractivity contribution in [2.75, 3.05) is 32.6 Å². The van der Waals surface area contributed by atoms with Crippen LogP contribution in [0, 0.1) is 10.8 Å². The van der Waals surface area contributed by atoms with Gasteiger partial charge in [-0.3, -0.25) is 20.4 Å². The van der Waals surface area contributed by atoms with E-state index < -0.39 is 5.78 Å². The smallest absolute Gasteiger partial charge is 0.227 e. The third kappa shape index (κ3) is 7.20. The highest BCUT2D eigenvalue weighted by molar-refractivity contribution is 6.37. The molecular formula is C29H35N7O4. The van der Waals surface area contributed by atoms with Crippen molar-refractivity contribution < 1.29 is 19.1 Å². The van der Waals surface area contributed by atoms with Gasteiger partial charge in [0.1, 0.15) is 5.75 Å². The van der Waals surface area contributed by atoms with Crippen molar-refractivity contribution in [3.05, 3.63) is 71.8 Å². The van der Waals surface area contributed by atoms with E-state index in [1.165, 1.54) is 37.5 Å². The number of likely N-dealkylation sites (tertiary alicyclic amines) is 1. The van der Waals surface area contributed by atoms with Crippen LogP contribution in [-0.2, 0) is 9.53 Å². The lowest BCUT2D eigenvalue weighted by Crippen LogP contribution is -2.27. The molecule has 1 aromatic carbocycles. The topological polar surface area (TPSA) is 170 Å². The molecule has 0 bridgehead atoms. The summed E-state index contributed by atoms with van der Waals surface area (Å²) in [7, 11) is 3.58. The number of piperidine rings is 1. The molecular weight excluding hydrogens is 510 g/mol. The number of ketones is 1. The monoisotopic (exact) mass is 545 g/mol. The minimum atomic E-state index is -0.629. The average molecular weight is 546 g/mol. The number of nitrogens with one attached hydrogen (secondary N) is 4. The first-order chi connectivity index (χ1) is 19.3. The number of carbonyl (C=O) groups excluding carboxylic acids is 2. The fourth-order valence-electron chi connectivity index (χ4n) is 4.25. The number of nitrogens with two attached hydrogens (primary N) is 1. The molecule has 3 heterocycles. The first kappa shape index (κ1) is 29.8. The first-order valence-electron chi connectivity index (χ1n) is 12.8. The van der Waals surface area contributed by atoms with E-state index in [0.29, 0.717) is 28.9 Å². The lowest BCUT2D eigenvalue weighted by molar-refractivity contribution is -0.104. The molecule has 1 fully saturated rings. The minimum absolute atomic E-state index is 0.104. The Hall–Kier alpha value is -4.77. The molecule has 1 aliphatic rings. The molecule has 0 radical (unpaired) electrons. The molecule has 0 amide bonds. The van der Waals surface area contributed by atoms with Crippen molar-refractivity contribution in [1.29, 1.82) is 10.8 Å². The van der Waals surface area contributed by atoms with Crippen LogP contribution in [-0.4, -0.2) is 66.0 Å². The molecule has 40 heavy (non-hydrogen) atoms. The van der Waals surface area contributed by atoms with Crippen molar-refractivity contribution in [3.8, 4) is 5.75 Å². The summed E-state index contributed by atoms with van der Waals surface area (Å²) in [4.78, 5) is 31.5. The molecule has 0 aliphatic carbocycles. The summed E-state index contributed by atoms with van der Waals surface area (Å²) in [5.41, 5.74) is 9.17. The molecule has 1 saturated heterocycles. The van der Waals surface area contributed by atoms with Gasteiger partial charge >= 0.3 is 0 Å². The maximum absolute atomic E-state index is 11.6. The molecule has 3 aromatic rings. The zero-order chi connectivity index (χ0) is 29.1. The molecule has 4 rings (SSSR count). The summed E-state index contributed by atoms with van der Waals surface area (Å²) in [5.74, 6) is 0.497. The molecule has 1 aliphatic heterocycles. The van der Waals surface area contributed by atoms with E-state index in [4.69, 9.17) is 26.0 Å². The Labute approximate surface area is 233 Å². The zero-order valence-corrected chi connectivity index (χ0v) is 22.9. The van der Waals surface area contributed by atoms with Crippen LogP contribution in [0.25, 0.3) is 16.5 Å². The number of anilines is 1. The van der Waals surface area contributed by atoms with Gasteiger partial charge in [-0.05, 0) is 25.5 Å². The molecule has 0 spiro atoms. The number of fused-ring (bicyclic) bond motifs is 1. The molecule has 2 aromatic heterocycles. The molecule has 0 saturated carbocycles. The number of pyridine rings is 1. The number of H-pyrrole nitrogens is 1. The SMILES string of the molecule is CCC(=N)OC(=N)C(=C1CCN(C)CC1)c1ccccc1.COc1cnc(N/C=C\N)c2[nH]cc(C(=O)C=O)c12. The van der Waals surface area contributed by atoms with Crippen LogP contribution in [0.3, 0.4) is 0 Å². The van der Waals surface area contributed by atoms with Gasteiger partial charge in [0.15, 0.2) is 18.0 Å². The van der Waals surface area contributed by atoms with Crippen LogP contribution in [0.4, 0.5) is 5.82 Å². The number of aromatic nitrogens is 2. The number of aldehydes is 1. The maximum Gasteiger partial charge on any atom is 0.227 e. The molecule has 210 valence electrons. The van der Waals surface area contributed by atoms with Crippen LogP contribution in [0.1, 0.15) is 42.1 Å². The Kier molecular flexibility index (Phi) is 10.7. The summed E-state index contributed by atoms with van der Waals surface area (Å²) in [5, 5.41) is 19.3. The normalized spacial score (nSPS) is 13.3. The van der Waals surface area contributed by atoms with E-state index in [1.807, 2.05) is 37.3 Å². The van der Waals surface area contributed by atoms with Gasteiger partial charge in [-0.25, -0.2) is 4.98 Å². The highest BCUT2D eigenvalue weighted by Crippen LogP contribution is 2.32. The predicted molar refractivity (Wildman–Crippen MR) is 157 cm³/mol. The van der Waals surface area contributed by atoms with E-state index >= 15 is 0 Å². The molecule has 11 nitrogen and oxygen atoms in total. The van der Waals surface area contributed by atoms with Crippen LogP contribution in [0.2, 0.25) is 0 Å². The summed E-state index contributed by atoms with van der Waals surface area (Å²) in [6.07, 6.45) is 8.39. The van der Waals surface area contributed by atoms with Crippen molar-refractivity contribution in [2.24, 2.45) is 5.73 Å². The summed E-state index contributed by atoms with van der Waals surface area (Å²) < 4.78 is 10.6. The van der Waals surface area contributed by atoms with Crippen molar-refractivity contribution in [2.45, 2.75) is 26.2 Å². The molecule has 11 heteroatoms. The summed E-state index contributed by atoms with van der Waals surface area (Å²) >= 11 is 0. The van der Waals surface area contributed by atoms with E-state index in [1.54, 1.807) is 0 Å². The Morgan fingerprint density at radius 3 is 2.52 bits per heavy atom. The molecule has 0 unspecified atom stereocenters. The van der Waals surface area contributed by atoms with Crippen LogP contribution in [0.5, 0.6) is 5.75 Å². The number of nitrogens with zero attached hydrogens (tertiary/aromatic N) is 2. The van der Waals surface area contributed by atoms with Gasteiger partial charge in [-0.1, -0.05) is 42.8 Å². The van der Waals surface area contributed by atoms with Crippen LogP contribution < -0.4 is 15.8 Å². The number of carbonyl (C=O) groups is 2. The third-order valence-corrected chi connectivity index (χ3v) is 6.36. The van der Waals surface area contributed by atoms with Gasteiger partial charge in [0.05, 0.1) is 29.8 Å². The maximum atomic E-state index is 11.6. The Morgan fingerprint density at radius 2 is 1.93 bits per heavy atom. The van der Waals surface area contributed by atoms with E-state index in [2.05, 4.69) is 27.2 Å². The summed E-state index contributed by atoms with van der Waals surface area (Å²) in [6, 6.07) is 9.94. The van der Waals surface area contributed by atoms with Crippen LogP contribution >= 0.6 is 0 Å². The minimum Gasteiger partial charge on any atom is -0.494 e. The number of aromatic amines is 1. The highest BCUT2D eigenvalue weighted by atomic mass is 16.5. The molecule has 0 atom stereocenters. The fourth-order valence-corrected chi connectivity index (χ4v) is 4.25. The Balaban J connectivity index is 0.000000222. The second-order valence-electron chi connectivity index (χ2n) is 8.97. The fraction of sp³-hybridized carbons (Fsp3) is 0.276. The van der Waals surface area contributed by atoms with E-state index in [-0.39, 0.29) is 23.6 Å². The number of hydrogen-bond donors (Lipinski definition) is 5. The van der Waals surface area contributed by atoms with Gasteiger partial charge < -0.3 is 30.4 Å². The largest absolute Gasteiger partial charge is 0.494 e. The average Bonchev–Trinajstić information content (AvgIpc) is 3.43. The van der Waals surface area contributed by atoms with Crippen molar-refractivity contribution in [3.63, 3.8) is 0 Å². The number of rotatable bonds is 8. The van der Waals surface area contributed by atoms with Crippen molar-refractivity contribution >= 4 is 46.2 Å². The van der Waals surface area contributed by atoms with E-state index in [9.17, 15) is 9.59 Å². The number of Topliss-reactive ketones (excluding diaryl/α,β-unsaturated/α-hetero) is 1. The van der Waals surface area contributed by atoms with Gasteiger partial charge in [0, 0.05) is 43.7 Å². The third-order valence-electron chi connectivity index (χ3n) is 6.36. The zero-order valence-electron chi connectivity index (χ0n) is 22.9. The first-order valence-corrected chi connectivity index (χ1v) is 12.8. The summed E-state index contributed by atoms with van der Waals surface area (Å²) in [6.45, 7) is 3.87. The van der Waals surface area contributed by atoms with E-state index in [0.717, 1.165) is 37.1 Å². The van der Waals surface area contributed by atoms with Crippen molar-refractivity contribution in [1.82, 2.24) is 14.9 Å². The van der Waals surface area contributed by atoms with Crippen LogP contribution in [0.15, 0.2) is 60.7 Å². The quantitative estimate of drug-likeness (QED) is 0.0915. The lowest BCUT2D eigenvalue weighted by Gasteiger charge is -2.26. The lowest BCUT2D eigenvalue weighted by atomic mass is 9.93.